The highest BCUT2D eigenvalue weighted by Crippen LogP contribution is 2.30. The Kier molecular flexibility index (Phi) is 2.72. The fourth-order valence-corrected chi connectivity index (χ4v) is 1.05. The van der Waals surface area contributed by atoms with Crippen molar-refractivity contribution in [3.63, 3.8) is 0 Å². The first-order valence-electron chi connectivity index (χ1n) is 3.80. The van der Waals surface area contributed by atoms with Gasteiger partial charge >= 0.3 is 0 Å². The zero-order valence-corrected chi connectivity index (χ0v) is 7.41. The Bertz CT molecular complexity index is 310. The summed E-state index contributed by atoms with van der Waals surface area (Å²) in [6.45, 7) is 1.45. The van der Waals surface area contributed by atoms with Crippen molar-refractivity contribution in [1.29, 1.82) is 0 Å². The fraction of sp³-hybridized carbons (Fsp3) is 0.333. The first kappa shape index (κ1) is 9.80. The highest BCUT2D eigenvalue weighted by atomic mass is 19.1. The largest absolute Gasteiger partial charge is 0.507 e. The molecule has 1 atom stereocenters. The molecule has 72 valence electrons. The van der Waals surface area contributed by atoms with Gasteiger partial charge in [-0.1, -0.05) is 0 Å². The van der Waals surface area contributed by atoms with Gasteiger partial charge in [-0.15, -0.1) is 0 Å². The molecule has 3 nitrogen and oxygen atoms in total. The Morgan fingerprint density at radius 2 is 2.08 bits per heavy atom. The summed E-state index contributed by atoms with van der Waals surface area (Å²) in [4.78, 5) is 0. The van der Waals surface area contributed by atoms with Crippen LogP contribution in [0.3, 0.4) is 0 Å². The summed E-state index contributed by atoms with van der Waals surface area (Å²) in [5.41, 5.74) is 0.151. The van der Waals surface area contributed by atoms with E-state index >= 15 is 0 Å². The van der Waals surface area contributed by atoms with E-state index in [1.54, 1.807) is 0 Å². The van der Waals surface area contributed by atoms with Crippen molar-refractivity contribution >= 4 is 0 Å². The Labute approximate surface area is 75.4 Å². The zero-order valence-electron chi connectivity index (χ0n) is 7.41. The van der Waals surface area contributed by atoms with Crippen LogP contribution in [0.25, 0.3) is 0 Å². The van der Waals surface area contributed by atoms with Crippen LogP contribution in [0.4, 0.5) is 4.39 Å². The monoisotopic (exact) mass is 186 g/mol. The zero-order chi connectivity index (χ0) is 10.0. The molecule has 0 saturated heterocycles. The van der Waals surface area contributed by atoms with Crippen LogP contribution in [0.15, 0.2) is 12.1 Å². The minimum absolute atomic E-state index is 0.0399. The van der Waals surface area contributed by atoms with Crippen molar-refractivity contribution in [2.45, 2.75) is 13.0 Å². The number of aromatic hydroxyl groups is 1. The predicted octanol–water partition coefficient (Wildman–Crippen LogP) is 1.59. The molecule has 0 aliphatic heterocycles. The van der Waals surface area contributed by atoms with Crippen LogP contribution in [0, 0.1) is 5.82 Å². The third kappa shape index (κ3) is 1.89. The molecular weight excluding hydrogens is 175 g/mol. The molecule has 0 fully saturated rings. The summed E-state index contributed by atoms with van der Waals surface area (Å²) in [6.07, 6.45) is -0.902. The summed E-state index contributed by atoms with van der Waals surface area (Å²) >= 11 is 0. The predicted molar refractivity (Wildman–Crippen MR) is 45.3 cm³/mol. The summed E-state index contributed by atoms with van der Waals surface area (Å²) in [6, 6.07) is 2.19. The molecule has 0 aliphatic rings. The highest BCUT2D eigenvalue weighted by molar-refractivity contribution is 5.41. The number of hydrogen-bond donors (Lipinski definition) is 2. The maximum Gasteiger partial charge on any atom is 0.165 e. The smallest absolute Gasteiger partial charge is 0.165 e. The molecule has 0 saturated carbocycles. The second kappa shape index (κ2) is 3.62. The molecule has 2 N–H and O–H groups in total. The molecule has 1 aromatic rings. The van der Waals surface area contributed by atoms with Crippen molar-refractivity contribution in [3.05, 3.63) is 23.5 Å². The van der Waals surface area contributed by atoms with Crippen molar-refractivity contribution < 1.29 is 19.3 Å². The molecule has 0 bridgehead atoms. The van der Waals surface area contributed by atoms with Gasteiger partial charge in [0.2, 0.25) is 0 Å². The summed E-state index contributed by atoms with van der Waals surface area (Å²) in [5, 5.41) is 18.4. The number of rotatable bonds is 2. The van der Waals surface area contributed by atoms with Gasteiger partial charge < -0.3 is 14.9 Å². The summed E-state index contributed by atoms with van der Waals surface area (Å²) in [5.74, 6) is -0.814. The number of phenols is 1. The molecule has 0 aromatic heterocycles. The van der Waals surface area contributed by atoms with Crippen LogP contribution in [0.2, 0.25) is 0 Å². The maximum absolute atomic E-state index is 13.0. The number of halogens is 1. The van der Waals surface area contributed by atoms with E-state index in [1.165, 1.54) is 14.0 Å². The minimum atomic E-state index is -0.902. The van der Waals surface area contributed by atoms with Crippen molar-refractivity contribution in [2.75, 3.05) is 7.11 Å². The average Bonchev–Trinajstić information content (AvgIpc) is 2.07. The van der Waals surface area contributed by atoms with Gasteiger partial charge in [-0.2, -0.15) is 0 Å². The van der Waals surface area contributed by atoms with E-state index in [4.69, 9.17) is 5.11 Å². The molecule has 1 unspecified atom stereocenters. The molecule has 0 aliphatic carbocycles. The van der Waals surface area contributed by atoms with Crippen LogP contribution in [-0.2, 0) is 0 Å². The topological polar surface area (TPSA) is 49.7 Å². The number of aliphatic hydroxyl groups is 1. The molecule has 0 spiro atoms. The second-order valence-corrected chi connectivity index (χ2v) is 2.72. The first-order valence-corrected chi connectivity index (χ1v) is 3.80. The van der Waals surface area contributed by atoms with E-state index in [9.17, 15) is 9.50 Å². The number of methoxy groups -OCH3 is 1. The van der Waals surface area contributed by atoms with Crippen LogP contribution in [-0.4, -0.2) is 17.3 Å². The number of benzene rings is 1. The lowest BCUT2D eigenvalue weighted by Crippen LogP contribution is -1.95. The van der Waals surface area contributed by atoms with Crippen molar-refractivity contribution in [1.82, 2.24) is 0 Å². The van der Waals surface area contributed by atoms with E-state index in [1.807, 2.05) is 0 Å². The molecule has 13 heavy (non-hydrogen) atoms. The quantitative estimate of drug-likeness (QED) is 0.737. The molecule has 0 amide bonds. The standard InChI is InChI=1S/C9H11FO3/c1-5(11)6-3-7(10)9(13-2)4-8(6)12/h3-5,11-12H,1-2H3. The van der Waals surface area contributed by atoms with Gasteiger partial charge in [0, 0.05) is 11.6 Å². The van der Waals surface area contributed by atoms with E-state index < -0.39 is 11.9 Å². The second-order valence-electron chi connectivity index (χ2n) is 2.72. The molecule has 1 rings (SSSR count). The van der Waals surface area contributed by atoms with Gasteiger partial charge in [0.1, 0.15) is 5.75 Å². The van der Waals surface area contributed by atoms with Crippen LogP contribution >= 0.6 is 0 Å². The SMILES string of the molecule is COc1cc(O)c(C(C)O)cc1F. The summed E-state index contributed by atoms with van der Waals surface area (Å²) < 4.78 is 17.7. The molecule has 0 radical (unpaired) electrons. The Morgan fingerprint density at radius 3 is 2.54 bits per heavy atom. The average molecular weight is 186 g/mol. The van der Waals surface area contributed by atoms with Gasteiger partial charge in [0.15, 0.2) is 11.6 Å². The number of aliphatic hydroxyl groups excluding tert-OH is 1. The van der Waals surface area contributed by atoms with Crippen LogP contribution < -0.4 is 4.74 Å². The van der Waals surface area contributed by atoms with E-state index in [2.05, 4.69) is 4.74 Å². The molecule has 1 aromatic carbocycles. The van der Waals surface area contributed by atoms with E-state index in [0.717, 1.165) is 12.1 Å². The third-order valence-corrected chi connectivity index (χ3v) is 1.75. The lowest BCUT2D eigenvalue weighted by atomic mass is 10.1. The molecule has 0 heterocycles. The fourth-order valence-electron chi connectivity index (χ4n) is 1.05. The normalized spacial score (nSPS) is 12.6. The minimum Gasteiger partial charge on any atom is -0.507 e. The lowest BCUT2D eigenvalue weighted by Gasteiger charge is -2.09. The van der Waals surface area contributed by atoms with E-state index in [0.29, 0.717) is 0 Å². The van der Waals surface area contributed by atoms with Gasteiger partial charge in [0.25, 0.3) is 0 Å². The van der Waals surface area contributed by atoms with E-state index in [-0.39, 0.29) is 17.1 Å². The number of phenolic OH excluding ortho intramolecular Hbond substituents is 1. The Hall–Kier alpha value is -1.29. The Morgan fingerprint density at radius 1 is 1.46 bits per heavy atom. The van der Waals surface area contributed by atoms with Gasteiger partial charge in [0.05, 0.1) is 13.2 Å². The first-order chi connectivity index (χ1) is 6.06. The maximum atomic E-state index is 13.0. The highest BCUT2D eigenvalue weighted by Gasteiger charge is 2.12. The van der Waals surface area contributed by atoms with Crippen molar-refractivity contribution in [2.24, 2.45) is 0 Å². The van der Waals surface area contributed by atoms with Crippen LogP contribution in [0.1, 0.15) is 18.6 Å². The molecular formula is C9H11FO3. The Balaban J connectivity index is 3.20. The summed E-state index contributed by atoms with van der Waals surface area (Å²) in [7, 11) is 1.31. The number of ether oxygens (including phenoxy) is 1. The molecule has 4 heteroatoms. The van der Waals surface area contributed by atoms with Gasteiger partial charge in [-0.05, 0) is 13.0 Å². The van der Waals surface area contributed by atoms with Gasteiger partial charge in [-0.25, -0.2) is 4.39 Å². The van der Waals surface area contributed by atoms with Gasteiger partial charge in [-0.3, -0.25) is 0 Å². The number of hydrogen-bond acceptors (Lipinski definition) is 3. The van der Waals surface area contributed by atoms with Crippen molar-refractivity contribution in [3.8, 4) is 11.5 Å². The third-order valence-electron chi connectivity index (χ3n) is 1.75. The van der Waals surface area contributed by atoms with Crippen LogP contribution in [0.5, 0.6) is 11.5 Å². The lowest BCUT2D eigenvalue weighted by molar-refractivity contribution is 0.194.